The van der Waals surface area contributed by atoms with Gasteiger partial charge in [-0.05, 0) is 17.7 Å². The molecule has 0 aliphatic heterocycles. The van der Waals surface area contributed by atoms with E-state index in [0.29, 0.717) is 6.61 Å². The molecule has 0 aliphatic rings. The molecule has 2 aromatic rings. The van der Waals surface area contributed by atoms with Crippen LogP contribution in [-0.2, 0) is 4.74 Å². The van der Waals surface area contributed by atoms with Crippen LogP contribution in [0.25, 0.3) is 10.8 Å². The Labute approximate surface area is 95.1 Å². The zero-order chi connectivity index (χ0) is 11.4. The molecule has 1 atom stereocenters. The maximum atomic E-state index is 9.10. The van der Waals surface area contributed by atoms with E-state index in [1.54, 1.807) is 0 Å². The molecule has 2 nitrogen and oxygen atoms in total. The zero-order valence-corrected chi connectivity index (χ0v) is 9.18. The number of rotatable bonds is 3. The maximum Gasteiger partial charge on any atom is 0.169 e. The van der Waals surface area contributed by atoms with Crippen LogP contribution in [-0.4, -0.2) is 6.61 Å². The van der Waals surface area contributed by atoms with Gasteiger partial charge in [-0.25, -0.2) is 0 Å². The summed E-state index contributed by atoms with van der Waals surface area (Å²) in [7, 11) is 0. The van der Waals surface area contributed by atoms with Gasteiger partial charge in [-0.1, -0.05) is 42.5 Å². The van der Waals surface area contributed by atoms with Gasteiger partial charge >= 0.3 is 0 Å². The second-order valence-corrected chi connectivity index (χ2v) is 3.53. The van der Waals surface area contributed by atoms with Crippen LogP contribution in [0.3, 0.4) is 0 Å². The highest BCUT2D eigenvalue weighted by Crippen LogP contribution is 2.25. The first-order chi connectivity index (χ1) is 7.86. The van der Waals surface area contributed by atoms with Crippen molar-refractivity contribution in [2.24, 2.45) is 0 Å². The Morgan fingerprint density at radius 1 is 1.19 bits per heavy atom. The lowest BCUT2D eigenvalue weighted by molar-refractivity contribution is 0.103. The molecule has 0 aromatic heterocycles. The number of fused-ring (bicyclic) bond motifs is 1. The third kappa shape index (κ3) is 1.91. The number of nitriles is 1. The number of ether oxygens (including phenoxy) is 1. The maximum absolute atomic E-state index is 9.10. The average Bonchev–Trinajstić information content (AvgIpc) is 2.35. The molecule has 2 aromatic carbocycles. The highest BCUT2D eigenvalue weighted by atomic mass is 16.5. The topological polar surface area (TPSA) is 33.0 Å². The minimum absolute atomic E-state index is 0.476. The summed E-state index contributed by atoms with van der Waals surface area (Å²) in [5.41, 5.74) is 0.947. The van der Waals surface area contributed by atoms with E-state index in [-0.39, 0.29) is 0 Å². The van der Waals surface area contributed by atoms with Crippen LogP contribution < -0.4 is 0 Å². The summed E-state index contributed by atoms with van der Waals surface area (Å²) in [6.45, 7) is 2.44. The van der Waals surface area contributed by atoms with Gasteiger partial charge in [0.2, 0.25) is 0 Å². The van der Waals surface area contributed by atoms with Crippen LogP contribution in [0.15, 0.2) is 42.5 Å². The van der Waals surface area contributed by atoms with Gasteiger partial charge in [-0.3, -0.25) is 0 Å². The number of nitrogens with zero attached hydrogens (tertiary/aromatic N) is 1. The molecule has 0 saturated heterocycles. The predicted molar refractivity (Wildman–Crippen MR) is 63.9 cm³/mol. The van der Waals surface area contributed by atoms with E-state index in [9.17, 15) is 0 Å². The normalized spacial score (nSPS) is 12.2. The van der Waals surface area contributed by atoms with Gasteiger partial charge in [-0.15, -0.1) is 0 Å². The molecule has 0 saturated carbocycles. The van der Waals surface area contributed by atoms with Crippen LogP contribution in [0.4, 0.5) is 0 Å². The minimum atomic E-state index is -0.476. The third-order valence-electron chi connectivity index (χ3n) is 2.56. The lowest BCUT2D eigenvalue weighted by atomic mass is 10.0. The molecular weight excluding hydrogens is 198 g/mol. The van der Waals surface area contributed by atoms with Crippen molar-refractivity contribution in [1.29, 1.82) is 5.26 Å². The van der Waals surface area contributed by atoms with Gasteiger partial charge in [0.15, 0.2) is 6.10 Å². The lowest BCUT2D eigenvalue weighted by Gasteiger charge is -2.12. The summed E-state index contributed by atoms with van der Waals surface area (Å²) in [4.78, 5) is 0. The van der Waals surface area contributed by atoms with Crippen LogP contribution in [0, 0.1) is 11.3 Å². The summed E-state index contributed by atoms with van der Waals surface area (Å²) in [6.07, 6.45) is -0.476. The Morgan fingerprint density at radius 3 is 2.69 bits per heavy atom. The summed E-state index contributed by atoms with van der Waals surface area (Å²) < 4.78 is 5.42. The third-order valence-corrected chi connectivity index (χ3v) is 2.56. The number of hydrogen-bond donors (Lipinski definition) is 0. The van der Waals surface area contributed by atoms with Gasteiger partial charge in [0, 0.05) is 12.2 Å². The summed E-state index contributed by atoms with van der Waals surface area (Å²) in [6, 6.07) is 16.2. The molecule has 0 N–H and O–H groups in total. The highest BCUT2D eigenvalue weighted by molar-refractivity contribution is 5.86. The first kappa shape index (κ1) is 10.7. The first-order valence-corrected chi connectivity index (χ1v) is 5.35. The molecule has 2 rings (SSSR count). The van der Waals surface area contributed by atoms with Crippen molar-refractivity contribution in [2.75, 3.05) is 6.61 Å². The Hall–Kier alpha value is -1.85. The van der Waals surface area contributed by atoms with Crippen molar-refractivity contribution in [3.63, 3.8) is 0 Å². The van der Waals surface area contributed by atoms with E-state index < -0.39 is 6.10 Å². The Bertz CT molecular complexity index is 522. The molecule has 16 heavy (non-hydrogen) atoms. The van der Waals surface area contributed by atoms with Crippen LogP contribution in [0.2, 0.25) is 0 Å². The van der Waals surface area contributed by atoms with Crippen molar-refractivity contribution in [3.8, 4) is 6.07 Å². The fraction of sp³-hybridized carbons (Fsp3) is 0.214. The van der Waals surface area contributed by atoms with Crippen molar-refractivity contribution in [1.82, 2.24) is 0 Å². The SMILES string of the molecule is CCO[C@@H](C#N)c1cccc2ccccc12. The molecule has 0 unspecified atom stereocenters. The Balaban J connectivity index is 2.55. The first-order valence-electron chi connectivity index (χ1n) is 5.35. The van der Waals surface area contributed by atoms with E-state index in [1.807, 2.05) is 49.4 Å². The standard InChI is InChI=1S/C14H13NO/c1-2-16-14(10-15)13-9-5-7-11-6-3-4-8-12(11)13/h3-9,14H,2H2,1H3/t14-/m0/s1. The van der Waals surface area contributed by atoms with Crippen LogP contribution >= 0.6 is 0 Å². The quantitative estimate of drug-likeness (QED) is 0.779. The molecule has 0 spiro atoms. The molecular formula is C14H13NO. The minimum Gasteiger partial charge on any atom is -0.359 e. The van der Waals surface area contributed by atoms with Crippen LogP contribution in [0.1, 0.15) is 18.6 Å². The molecule has 0 fully saturated rings. The molecule has 0 radical (unpaired) electrons. The monoisotopic (exact) mass is 211 g/mol. The zero-order valence-electron chi connectivity index (χ0n) is 9.18. The molecule has 0 amide bonds. The van der Waals surface area contributed by atoms with Gasteiger partial charge in [0.05, 0.1) is 6.07 Å². The number of hydrogen-bond acceptors (Lipinski definition) is 2. The Kier molecular flexibility index (Phi) is 3.19. The molecule has 0 aliphatic carbocycles. The van der Waals surface area contributed by atoms with Gasteiger partial charge in [0.25, 0.3) is 0 Å². The van der Waals surface area contributed by atoms with Gasteiger partial charge < -0.3 is 4.74 Å². The second-order valence-electron chi connectivity index (χ2n) is 3.53. The van der Waals surface area contributed by atoms with Crippen molar-refractivity contribution < 1.29 is 4.74 Å². The van der Waals surface area contributed by atoms with E-state index in [4.69, 9.17) is 10.00 Å². The lowest BCUT2D eigenvalue weighted by Crippen LogP contribution is -2.02. The largest absolute Gasteiger partial charge is 0.359 e. The number of benzene rings is 2. The summed E-state index contributed by atoms with van der Waals surface area (Å²) >= 11 is 0. The van der Waals surface area contributed by atoms with E-state index in [0.717, 1.165) is 16.3 Å². The van der Waals surface area contributed by atoms with E-state index in [1.165, 1.54) is 0 Å². The molecule has 0 heterocycles. The van der Waals surface area contributed by atoms with Gasteiger partial charge in [-0.2, -0.15) is 5.26 Å². The second kappa shape index (κ2) is 4.78. The molecule has 80 valence electrons. The van der Waals surface area contributed by atoms with Gasteiger partial charge in [0.1, 0.15) is 0 Å². The van der Waals surface area contributed by atoms with E-state index >= 15 is 0 Å². The highest BCUT2D eigenvalue weighted by Gasteiger charge is 2.12. The van der Waals surface area contributed by atoms with Crippen molar-refractivity contribution in [3.05, 3.63) is 48.0 Å². The molecule has 2 heteroatoms. The predicted octanol–water partition coefficient (Wildman–Crippen LogP) is 3.44. The van der Waals surface area contributed by atoms with Crippen molar-refractivity contribution in [2.45, 2.75) is 13.0 Å². The summed E-state index contributed by atoms with van der Waals surface area (Å²) in [5, 5.41) is 11.3. The van der Waals surface area contributed by atoms with Crippen molar-refractivity contribution >= 4 is 10.8 Å². The average molecular weight is 211 g/mol. The van der Waals surface area contributed by atoms with Crippen LogP contribution in [0.5, 0.6) is 0 Å². The fourth-order valence-corrected chi connectivity index (χ4v) is 1.84. The smallest absolute Gasteiger partial charge is 0.169 e. The summed E-state index contributed by atoms with van der Waals surface area (Å²) in [5.74, 6) is 0. The molecule has 0 bridgehead atoms. The Morgan fingerprint density at radius 2 is 1.94 bits per heavy atom. The van der Waals surface area contributed by atoms with E-state index in [2.05, 4.69) is 6.07 Å². The fourth-order valence-electron chi connectivity index (χ4n) is 1.84.